The topological polar surface area (TPSA) is 18.5 Å². The van der Waals surface area contributed by atoms with Crippen LogP contribution in [0.5, 0.6) is 0 Å². The molecule has 0 radical (unpaired) electrons. The van der Waals surface area contributed by atoms with E-state index >= 15 is 0 Å². The monoisotopic (exact) mass is 226 g/mol. The third kappa shape index (κ3) is 4.26. The molecule has 1 aliphatic heterocycles. The number of ether oxygens (including phenoxy) is 2. The summed E-state index contributed by atoms with van der Waals surface area (Å²) < 4.78 is 11.6. The molecular weight excluding hydrogens is 200 g/mol. The zero-order chi connectivity index (χ0) is 12.0. The lowest BCUT2D eigenvalue weighted by Gasteiger charge is -2.30. The summed E-state index contributed by atoms with van der Waals surface area (Å²) in [6, 6.07) is 0. The van der Waals surface area contributed by atoms with Gasteiger partial charge in [0.1, 0.15) is 0 Å². The van der Waals surface area contributed by atoms with Crippen LogP contribution in [0.1, 0.15) is 47.0 Å². The van der Waals surface area contributed by atoms with Gasteiger partial charge in [-0.3, -0.25) is 0 Å². The maximum atomic E-state index is 5.85. The summed E-state index contributed by atoms with van der Waals surface area (Å²) in [5.74, 6) is 0.726. The minimum absolute atomic E-state index is 0.244. The van der Waals surface area contributed by atoms with Gasteiger partial charge in [0.15, 0.2) is 0 Å². The molecule has 3 atom stereocenters. The molecule has 16 heavy (non-hydrogen) atoms. The summed E-state index contributed by atoms with van der Waals surface area (Å²) in [7, 11) is 0. The molecular formula is C14H26O2. The zero-order valence-corrected chi connectivity index (χ0v) is 11.2. The summed E-state index contributed by atoms with van der Waals surface area (Å²) in [4.78, 5) is 0. The van der Waals surface area contributed by atoms with Crippen molar-refractivity contribution in [2.45, 2.75) is 59.2 Å². The van der Waals surface area contributed by atoms with E-state index in [4.69, 9.17) is 9.47 Å². The predicted octanol–water partition coefficient (Wildman–Crippen LogP) is 3.56. The van der Waals surface area contributed by atoms with Gasteiger partial charge in [0, 0.05) is 19.6 Å². The van der Waals surface area contributed by atoms with Crippen molar-refractivity contribution >= 4 is 0 Å². The zero-order valence-electron chi connectivity index (χ0n) is 11.2. The van der Waals surface area contributed by atoms with E-state index in [-0.39, 0.29) is 6.10 Å². The fraction of sp³-hybridized carbons (Fsp3) is 0.857. The van der Waals surface area contributed by atoms with Gasteiger partial charge in [-0.05, 0) is 45.1 Å². The predicted molar refractivity (Wildman–Crippen MR) is 67.6 cm³/mol. The Morgan fingerprint density at radius 2 is 2.25 bits per heavy atom. The van der Waals surface area contributed by atoms with Crippen LogP contribution in [0.4, 0.5) is 0 Å². The Balaban J connectivity index is 2.42. The fourth-order valence-corrected chi connectivity index (χ4v) is 2.13. The fourth-order valence-electron chi connectivity index (χ4n) is 2.13. The number of allylic oxidation sites excluding steroid dienone is 1. The highest BCUT2D eigenvalue weighted by molar-refractivity contribution is 5.04. The highest BCUT2D eigenvalue weighted by Gasteiger charge is 2.23. The number of hydrogen-bond donors (Lipinski definition) is 0. The molecule has 0 bridgehead atoms. The van der Waals surface area contributed by atoms with E-state index in [1.165, 1.54) is 18.4 Å². The van der Waals surface area contributed by atoms with Gasteiger partial charge < -0.3 is 9.47 Å². The van der Waals surface area contributed by atoms with Crippen LogP contribution in [0.2, 0.25) is 0 Å². The molecule has 0 spiro atoms. The van der Waals surface area contributed by atoms with Crippen molar-refractivity contribution in [2.75, 3.05) is 13.2 Å². The highest BCUT2D eigenvalue weighted by Crippen LogP contribution is 2.24. The van der Waals surface area contributed by atoms with Crippen molar-refractivity contribution in [3.8, 4) is 0 Å². The standard InChI is InChI=1S/C14H26O2/c1-5-12(4)14(15-6-2)9-13-8-7-11(3)10-16-13/h5,11,13-14H,6-10H2,1-4H3/b12-5+/t11-,13+,14?/m1/s1. The Labute approximate surface area is 100 Å². The van der Waals surface area contributed by atoms with E-state index in [1.807, 2.05) is 0 Å². The molecule has 94 valence electrons. The molecule has 2 nitrogen and oxygen atoms in total. The van der Waals surface area contributed by atoms with Gasteiger partial charge in [-0.1, -0.05) is 13.0 Å². The summed E-state index contributed by atoms with van der Waals surface area (Å²) in [5.41, 5.74) is 1.32. The van der Waals surface area contributed by atoms with E-state index in [2.05, 4.69) is 33.8 Å². The second-order valence-electron chi connectivity index (χ2n) is 4.85. The van der Waals surface area contributed by atoms with E-state index in [1.54, 1.807) is 0 Å². The van der Waals surface area contributed by atoms with E-state index < -0.39 is 0 Å². The smallest absolute Gasteiger partial charge is 0.0806 e. The largest absolute Gasteiger partial charge is 0.378 e. The first kappa shape index (κ1) is 13.7. The van der Waals surface area contributed by atoms with Crippen LogP contribution in [-0.2, 0) is 9.47 Å². The molecule has 0 saturated carbocycles. The lowest BCUT2D eigenvalue weighted by molar-refractivity contribution is -0.0423. The minimum Gasteiger partial charge on any atom is -0.378 e. The van der Waals surface area contributed by atoms with Crippen molar-refractivity contribution < 1.29 is 9.47 Å². The second-order valence-corrected chi connectivity index (χ2v) is 4.85. The van der Waals surface area contributed by atoms with Crippen molar-refractivity contribution in [3.05, 3.63) is 11.6 Å². The van der Waals surface area contributed by atoms with Gasteiger partial charge in [-0.15, -0.1) is 0 Å². The van der Waals surface area contributed by atoms with Crippen LogP contribution in [-0.4, -0.2) is 25.4 Å². The Bertz CT molecular complexity index is 215. The van der Waals surface area contributed by atoms with Gasteiger partial charge in [-0.25, -0.2) is 0 Å². The first-order valence-corrected chi connectivity index (χ1v) is 6.53. The lowest BCUT2D eigenvalue weighted by atomic mass is 9.95. The van der Waals surface area contributed by atoms with Gasteiger partial charge in [0.25, 0.3) is 0 Å². The molecule has 1 fully saturated rings. The SMILES string of the molecule is C/C=C(\C)C(C[C@@H]1CC[C@@H](C)CO1)OCC. The molecule has 1 rings (SSSR count). The molecule has 1 heterocycles. The molecule has 0 aromatic carbocycles. The first-order valence-electron chi connectivity index (χ1n) is 6.53. The molecule has 0 N–H and O–H groups in total. The molecule has 2 heteroatoms. The quantitative estimate of drug-likeness (QED) is 0.667. The average molecular weight is 226 g/mol. The van der Waals surface area contributed by atoms with Crippen molar-refractivity contribution in [2.24, 2.45) is 5.92 Å². The molecule has 1 aliphatic rings. The van der Waals surface area contributed by atoms with E-state index in [0.717, 1.165) is 25.6 Å². The van der Waals surface area contributed by atoms with Crippen LogP contribution < -0.4 is 0 Å². The van der Waals surface area contributed by atoms with E-state index in [0.29, 0.717) is 6.10 Å². The first-order chi connectivity index (χ1) is 7.67. The Kier molecular flexibility index (Phi) is 6.07. The van der Waals surface area contributed by atoms with Gasteiger partial charge in [-0.2, -0.15) is 0 Å². The Morgan fingerprint density at radius 3 is 2.75 bits per heavy atom. The van der Waals surface area contributed by atoms with Crippen LogP contribution in [0.3, 0.4) is 0 Å². The van der Waals surface area contributed by atoms with Crippen LogP contribution in [0.15, 0.2) is 11.6 Å². The van der Waals surface area contributed by atoms with Gasteiger partial charge >= 0.3 is 0 Å². The Hall–Kier alpha value is -0.340. The molecule has 0 aliphatic carbocycles. The summed E-state index contributed by atoms with van der Waals surface area (Å²) in [6.45, 7) is 10.2. The highest BCUT2D eigenvalue weighted by atomic mass is 16.5. The van der Waals surface area contributed by atoms with Gasteiger partial charge in [0.2, 0.25) is 0 Å². The average Bonchev–Trinajstić information content (AvgIpc) is 2.30. The summed E-state index contributed by atoms with van der Waals surface area (Å²) in [5, 5.41) is 0. The van der Waals surface area contributed by atoms with E-state index in [9.17, 15) is 0 Å². The molecule has 0 aromatic heterocycles. The number of hydrogen-bond acceptors (Lipinski definition) is 2. The van der Waals surface area contributed by atoms with Gasteiger partial charge in [0.05, 0.1) is 12.2 Å². The third-order valence-corrected chi connectivity index (χ3v) is 3.41. The van der Waals surface area contributed by atoms with Crippen molar-refractivity contribution in [1.82, 2.24) is 0 Å². The maximum Gasteiger partial charge on any atom is 0.0806 e. The van der Waals surface area contributed by atoms with Crippen LogP contribution in [0, 0.1) is 5.92 Å². The molecule has 0 amide bonds. The number of rotatable bonds is 5. The van der Waals surface area contributed by atoms with Crippen LogP contribution >= 0.6 is 0 Å². The third-order valence-electron chi connectivity index (χ3n) is 3.41. The molecule has 0 aromatic rings. The maximum absolute atomic E-state index is 5.85. The summed E-state index contributed by atoms with van der Waals surface area (Å²) in [6.07, 6.45) is 6.26. The van der Waals surface area contributed by atoms with Crippen molar-refractivity contribution in [3.63, 3.8) is 0 Å². The Morgan fingerprint density at radius 1 is 1.50 bits per heavy atom. The lowest BCUT2D eigenvalue weighted by Crippen LogP contribution is -2.29. The molecule has 1 saturated heterocycles. The van der Waals surface area contributed by atoms with Crippen LogP contribution in [0.25, 0.3) is 0 Å². The second kappa shape index (κ2) is 7.08. The normalized spacial score (nSPS) is 29.1. The minimum atomic E-state index is 0.244. The molecule has 1 unspecified atom stereocenters. The van der Waals surface area contributed by atoms with Crippen molar-refractivity contribution in [1.29, 1.82) is 0 Å². The summed E-state index contributed by atoms with van der Waals surface area (Å²) >= 11 is 0.